The van der Waals surface area contributed by atoms with Crippen molar-refractivity contribution < 1.29 is 9.47 Å². The Morgan fingerprint density at radius 2 is 2.05 bits per heavy atom. The molecular formula is C13H12N4O2S. The topological polar surface area (TPSA) is 68.6 Å². The number of nitrogens with one attached hydrogen (secondary N) is 1. The van der Waals surface area contributed by atoms with Crippen molar-refractivity contribution in [2.45, 2.75) is 13.3 Å². The maximum absolute atomic E-state index is 5.46. The molecule has 0 bridgehead atoms. The smallest absolute Gasteiger partial charge is 0.231 e. The van der Waals surface area contributed by atoms with Crippen LogP contribution in [0.1, 0.15) is 21.1 Å². The second-order valence-electron chi connectivity index (χ2n) is 4.61. The van der Waals surface area contributed by atoms with Gasteiger partial charge in [0.1, 0.15) is 10.7 Å². The summed E-state index contributed by atoms with van der Waals surface area (Å²) in [4.78, 5) is 0. The van der Waals surface area contributed by atoms with Crippen molar-refractivity contribution in [2.75, 3.05) is 13.3 Å². The number of aryl methyl sites for hydroxylation is 1. The molecule has 0 amide bonds. The lowest BCUT2D eigenvalue weighted by Crippen LogP contribution is -2.10. The summed E-state index contributed by atoms with van der Waals surface area (Å²) in [6.45, 7) is 3.00. The van der Waals surface area contributed by atoms with Gasteiger partial charge in [0.2, 0.25) is 6.79 Å². The fourth-order valence-corrected chi connectivity index (χ4v) is 3.05. The van der Waals surface area contributed by atoms with E-state index < -0.39 is 0 Å². The Hall–Kier alpha value is -2.15. The van der Waals surface area contributed by atoms with E-state index in [1.807, 2.05) is 19.1 Å². The molecule has 0 fully saturated rings. The molecule has 6 nitrogen and oxygen atoms in total. The third kappa shape index (κ3) is 1.82. The van der Waals surface area contributed by atoms with Crippen molar-refractivity contribution in [3.63, 3.8) is 0 Å². The van der Waals surface area contributed by atoms with Gasteiger partial charge in [0.05, 0.1) is 0 Å². The number of aromatic nitrogens is 2. The molecule has 2 aromatic rings. The average Bonchev–Trinajstić information content (AvgIpc) is 3.01. The van der Waals surface area contributed by atoms with Gasteiger partial charge < -0.3 is 14.9 Å². The van der Waals surface area contributed by atoms with Crippen molar-refractivity contribution >= 4 is 17.0 Å². The minimum Gasteiger partial charge on any atom is -0.454 e. The Balaban J connectivity index is 1.88. The van der Waals surface area contributed by atoms with Crippen LogP contribution in [-0.4, -0.2) is 29.2 Å². The second-order valence-corrected chi connectivity index (χ2v) is 5.79. The van der Waals surface area contributed by atoms with Crippen LogP contribution in [0.2, 0.25) is 0 Å². The molecule has 1 aromatic heterocycles. The molecule has 1 aromatic carbocycles. The zero-order valence-electron chi connectivity index (χ0n) is 10.8. The molecule has 0 spiro atoms. The minimum atomic E-state index is 0.279. The highest BCUT2D eigenvalue weighted by atomic mass is 32.1. The lowest BCUT2D eigenvalue weighted by Gasteiger charge is -2.07. The van der Waals surface area contributed by atoms with Crippen LogP contribution in [0.5, 0.6) is 11.5 Å². The van der Waals surface area contributed by atoms with Crippen LogP contribution in [0.4, 0.5) is 0 Å². The first kappa shape index (κ1) is 11.7. The molecule has 0 aliphatic carbocycles. The highest BCUT2D eigenvalue weighted by molar-refractivity contribution is 7.13. The van der Waals surface area contributed by atoms with Gasteiger partial charge in [0, 0.05) is 12.1 Å². The van der Waals surface area contributed by atoms with Gasteiger partial charge >= 0.3 is 0 Å². The number of benzene rings is 1. The zero-order chi connectivity index (χ0) is 13.5. The summed E-state index contributed by atoms with van der Waals surface area (Å²) in [6.07, 6.45) is 0.886. The fraction of sp³-hybridized carbons (Fsp3) is 0.308. The Labute approximate surface area is 119 Å². The van der Waals surface area contributed by atoms with Crippen LogP contribution in [0, 0.1) is 6.92 Å². The van der Waals surface area contributed by atoms with E-state index in [0.29, 0.717) is 0 Å². The van der Waals surface area contributed by atoms with E-state index in [0.717, 1.165) is 45.8 Å². The molecule has 102 valence electrons. The van der Waals surface area contributed by atoms with Gasteiger partial charge in [-0.3, -0.25) is 0 Å². The van der Waals surface area contributed by atoms with Gasteiger partial charge in [-0.05, 0) is 31.0 Å². The van der Waals surface area contributed by atoms with E-state index in [-0.39, 0.29) is 6.79 Å². The monoisotopic (exact) mass is 288 g/mol. The van der Waals surface area contributed by atoms with Crippen molar-refractivity contribution in [3.8, 4) is 11.5 Å². The number of fused-ring (bicyclic) bond motifs is 2. The largest absolute Gasteiger partial charge is 0.454 e. The summed E-state index contributed by atoms with van der Waals surface area (Å²) in [5.74, 6) is 1.57. The van der Waals surface area contributed by atoms with Crippen molar-refractivity contribution in [1.29, 1.82) is 0 Å². The van der Waals surface area contributed by atoms with Gasteiger partial charge in [-0.15, -0.1) is 10.2 Å². The van der Waals surface area contributed by atoms with Crippen LogP contribution in [0.15, 0.2) is 17.2 Å². The highest BCUT2D eigenvalue weighted by Gasteiger charge is 2.23. The van der Waals surface area contributed by atoms with Crippen molar-refractivity contribution in [2.24, 2.45) is 5.10 Å². The summed E-state index contributed by atoms with van der Waals surface area (Å²) in [5, 5.41) is 14.5. The van der Waals surface area contributed by atoms with Gasteiger partial charge in [-0.1, -0.05) is 11.3 Å². The van der Waals surface area contributed by atoms with Gasteiger partial charge in [0.15, 0.2) is 16.5 Å². The Morgan fingerprint density at radius 3 is 2.85 bits per heavy atom. The standard InChI is InChI=1S/C13H12N4O2S/c1-7-15-17-13(20-7)12-9-5-11-10(18-6-19-11)4-8(9)2-3-14-16-12/h4-5,14H,2-3,6H2,1H3. The number of hydrazone groups is 1. The molecule has 2 aliphatic rings. The second kappa shape index (κ2) is 4.45. The third-order valence-corrected chi connectivity index (χ3v) is 4.12. The Kier molecular flexibility index (Phi) is 2.59. The summed E-state index contributed by atoms with van der Waals surface area (Å²) in [6, 6.07) is 4.02. The first-order chi connectivity index (χ1) is 9.81. The Morgan fingerprint density at radius 1 is 1.20 bits per heavy atom. The van der Waals surface area contributed by atoms with Gasteiger partial charge in [-0.2, -0.15) is 5.10 Å². The molecule has 0 saturated heterocycles. The molecular weight excluding hydrogens is 276 g/mol. The lowest BCUT2D eigenvalue weighted by atomic mass is 10.00. The van der Waals surface area contributed by atoms with E-state index in [1.54, 1.807) is 0 Å². The minimum absolute atomic E-state index is 0.279. The number of hydrogen-bond donors (Lipinski definition) is 1. The molecule has 4 rings (SSSR count). The predicted molar refractivity (Wildman–Crippen MR) is 74.6 cm³/mol. The molecule has 0 saturated carbocycles. The predicted octanol–water partition coefficient (Wildman–Crippen LogP) is 1.47. The number of rotatable bonds is 1. The van der Waals surface area contributed by atoms with Crippen LogP contribution < -0.4 is 14.9 Å². The molecule has 1 N–H and O–H groups in total. The number of nitrogens with zero attached hydrogens (tertiary/aromatic N) is 3. The molecule has 0 radical (unpaired) electrons. The average molecular weight is 288 g/mol. The normalized spacial score (nSPS) is 16.1. The lowest BCUT2D eigenvalue weighted by molar-refractivity contribution is 0.174. The Bertz CT molecular complexity index is 710. The van der Waals surface area contributed by atoms with Gasteiger partial charge in [0.25, 0.3) is 0 Å². The van der Waals surface area contributed by atoms with E-state index in [1.165, 1.54) is 16.9 Å². The molecule has 0 atom stereocenters. The SMILES string of the molecule is Cc1nnc(C2=NNCCc3cc4c(cc32)OCO4)s1. The van der Waals surface area contributed by atoms with E-state index in [2.05, 4.69) is 20.7 Å². The van der Waals surface area contributed by atoms with E-state index >= 15 is 0 Å². The highest BCUT2D eigenvalue weighted by Crippen LogP contribution is 2.36. The van der Waals surface area contributed by atoms with E-state index in [4.69, 9.17) is 9.47 Å². The summed E-state index contributed by atoms with van der Waals surface area (Å²) in [5.41, 5.74) is 6.12. The van der Waals surface area contributed by atoms with Crippen LogP contribution >= 0.6 is 11.3 Å². The first-order valence-electron chi connectivity index (χ1n) is 6.35. The third-order valence-electron chi connectivity index (χ3n) is 3.28. The summed E-state index contributed by atoms with van der Waals surface area (Å²) in [7, 11) is 0. The van der Waals surface area contributed by atoms with Crippen molar-refractivity contribution in [3.05, 3.63) is 33.3 Å². The number of ether oxygens (including phenoxy) is 2. The van der Waals surface area contributed by atoms with Crippen LogP contribution in [0.25, 0.3) is 0 Å². The summed E-state index contributed by atoms with van der Waals surface area (Å²) >= 11 is 1.54. The zero-order valence-corrected chi connectivity index (χ0v) is 11.7. The molecule has 0 unspecified atom stereocenters. The number of hydrogen-bond acceptors (Lipinski definition) is 7. The van der Waals surface area contributed by atoms with Crippen LogP contribution in [-0.2, 0) is 6.42 Å². The van der Waals surface area contributed by atoms with Gasteiger partial charge in [-0.25, -0.2) is 0 Å². The molecule has 7 heteroatoms. The first-order valence-corrected chi connectivity index (χ1v) is 7.17. The molecule has 2 aliphatic heterocycles. The summed E-state index contributed by atoms with van der Waals surface area (Å²) < 4.78 is 10.9. The fourth-order valence-electron chi connectivity index (χ4n) is 2.35. The maximum atomic E-state index is 5.46. The molecule has 20 heavy (non-hydrogen) atoms. The quantitative estimate of drug-likeness (QED) is 0.860. The van der Waals surface area contributed by atoms with E-state index in [9.17, 15) is 0 Å². The van der Waals surface area contributed by atoms with Crippen LogP contribution in [0.3, 0.4) is 0 Å². The maximum Gasteiger partial charge on any atom is 0.231 e. The van der Waals surface area contributed by atoms with Crippen molar-refractivity contribution in [1.82, 2.24) is 15.6 Å². The molecule has 3 heterocycles.